The van der Waals surface area contributed by atoms with Gasteiger partial charge in [-0.1, -0.05) is 34.1 Å². The minimum Gasteiger partial charge on any atom is -0.330 e. The van der Waals surface area contributed by atoms with Crippen LogP contribution in [0.1, 0.15) is 54.4 Å². The molecule has 24 heavy (non-hydrogen) atoms. The largest absolute Gasteiger partial charge is 0.330 e. The number of thiol groups is 1. The van der Waals surface area contributed by atoms with Gasteiger partial charge in [-0.3, -0.25) is 0 Å². The molecule has 1 unspecified atom stereocenters. The van der Waals surface area contributed by atoms with Crippen LogP contribution < -0.4 is 5.32 Å². The van der Waals surface area contributed by atoms with E-state index < -0.39 is 0 Å². The Morgan fingerprint density at radius 3 is 1.71 bits per heavy atom. The van der Waals surface area contributed by atoms with Crippen molar-refractivity contribution in [2.75, 3.05) is 61.1 Å². The van der Waals surface area contributed by atoms with Gasteiger partial charge < -0.3 is 19.5 Å². The highest BCUT2D eigenvalue weighted by Crippen LogP contribution is 1.91. The number of rotatable bonds is 7. The first-order valence-electron chi connectivity index (χ1n) is 9.19. The quantitative estimate of drug-likeness (QED) is 0.407. The molecule has 0 rings (SSSR count). The smallest absolute Gasteiger partial charge is 0.116 e. The number of quaternary nitrogens is 1. The van der Waals surface area contributed by atoms with Crippen LogP contribution in [-0.4, -0.2) is 82.8 Å². The summed E-state index contributed by atoms with van der Waals surface area (Å²) in [6, 6.07) is 0.699. The van der Waals surface area contributed by atoms with E-state index in [-0.39, 0.29) is 0 Å². The Kier molecular flexibility index (Phi) is 45.0. The van der Waals surface area contributed by atoms with Crippen molar-refractivity contribution in [1.29, 1.82) is 0 Å². The van der Waals surface area contributed by atoms with E-state index in [2.05, 4.69) is 71.8 Å². The number of hydrogen-bond donors (Lipinski definition) is 2. The van der Waals surface area contributed by atoms with Gasteiger partial charge in [0, 0.05) is 12.6 Å². The minimum absolute atomic E-state index is 0.699. The molecule has 152 valence electrons. The molecular weight excluding hydrogens is 318 g/mol. The first-order valence-corrected chi connectivity index (χ1v) is 10.1. The Morgan fingerprint density at radius 1 is 1.17 bits per heavy atom. The lowest BCUT2D eigenvalue weighted by molar-refractivity contribution is -0.869. The number of aldehydes is 1. The molecule has 0 fully saturated rings. The summed E-state index contributed by atoms with van der Waals surface area (Å²) in [5, 5.41) is 3.17. The fourth-order valence-electron chi connectivity index (χ4n) is 1.21. The number of likely N-dealkylation sites (N-methyl/N-ethyl adjacent to an activating group) is 2. The van der Waals surface area contributed by atoms with E-state index in [1.165, 1.54) is 32.9 Å². The molecular formula is C19H50N3OS+. The summed E-state index contributed by atoms with van der Waals surface area (Å²) in [7, 11) is 10.8. The summed E-state index contributed by atoms with van der Waals surface area (Å²) >= 11 is 3.53. The van der Waals surface area contributed by atoms with Crippen LogP contribution in [0.4, 0.5) is 0 Å². The molecule has 0 aliphatic carbocycles. The summed E-state index contributed by atoms with van der Waals surface area (Å²) in [6.45, 7) is 15.6. The zero-order valence-corrected chi connectivity index (χ0v) is 19.8. The van der Waals surface area contributed by atoms with Crippen LogP contribution in [0.15, 0.2) is 0 Å². The topological polar surface area (TPSA) is 32.3 Å². The van der Waals surface area contributed by atoms with E-state index in [1.54, 1.807) is 6.26 Å². The Balaban J connectivity index is -0.0000000749. The van der Waals surface area contributed by atoms with Crippen LogP contribution in [0.5, 0.6) is 0 Å². The summed E-state index contributed by atoms with van der Waals surface area (Å²) in [5.74, 6) is 0. The Morgan fingerprint density at radius 2 is 1.54 bits per heavy atom. The molecule has 1 atom stereocenters. The molecule has 0 aromatic heterocycles. The maximum atomic E-state index is 8.81. The van der Waals surface area contributed by atoms with Crippen LogP contribution in [0, 0.1) is 0 Å². The lowest BCUT2D eigenvalue weighted by Gasteiger charge is -2.26. The SMILES string of the molecule is CC.CC=O.CCCC(C)NC.CCN(C)CC[N+](C)(C)C.CS. The average Bonchev–Trinajstić information content (AvgIpc) is 2.57. The molecule has 5 heteroatoms. The summed E-state index contributed by atoms with van der Waals surface area (Å²) in [6.07, 6.45) is 5.01. The predicted molar refractivity (Wildman–Crippen MR) is 117 cm³/mol. The zero-order valence-electron chi connectivity index (χ0n) is 18.9. The van der Waals surface area contributed by atoms with Gasteiger partial charge in [-0.25, -0.2) is 0 Å². The molecule has 0 spiro atoms. The molecule has 0 aromatic carbocycles. The lowest BCUT2D eigenvalue weighted by atomic mass is 10.2. The van der Waals surface area contributed by atoms with Crippen molar-refractivity contribution in [2.24, 2.45) is 0 Å². The van der Waals surface area contributed by atoms with Gasteiger partial charge in [0.05, 0.1) is 27.7 Å². The highest BCUT2D eigenvalue weighted by Gasteiger charge is 2.06. The van der Waals surface area contributed by atoms with E-state index in [0.29, 0.717) is 6.04 Å². The van der Waals surface area contributed by atoms with Gasteiger partial charge >= 0.3 is 0 Å². The summed E-state index contributed by atoms with van der Waals surface area (Å²) in [5.41, 5.74) is 0. The van der Waals surface area contributed by atoms with Crippen LogP contribution in [0.3, 0.4) is 0 Å². The molecule has 0 saturated heterocycles. The van der Waals surface area contributed by atoms with Crippen molar-refractivity contribution >= 4 is 18.9 Å². The van der Waals surface area contributed by atoms with E-state index in [4.69, 9.17) is 4.79 Å². The van der Waals surface area contributed by atoms with Gasteiger partial charge in [0.1, 0.15) is 6.29 Å². The minimum atomic E-state index is 0.699. The Hall–Kier alpha value is -0.100. The van der Waals surface area contributed by atoms with Crippen LogP contribution in [0.25, 0.3) is 0 Å². The highest BCUT2D eigenvalue weighted by atomic mass is 32.1. The second-order valence-electron chi connectivity index (χ2n) is 6.12. The Labute approximate surface area is 160 Å². The molecule has 1 N–H and O–H groups in total. The fourth-order valence-corrected chi connectivity index (χ4v) is 1.21. The zero-order chi connectivity index (χ0) is 20.6. The molecule has 0 heterocycles. The van der Waals surface area contributed by atoms with Crippen molar-refractivity contribution in [1.82, 2.24) is 10.2 Å². The van der Waals surface area contributed by atoms with Crippen molar-refractivity contribution < 1.29 is 9.28 Å². The third-order valence-corrected chi connectivity index (χ3v) is 2.91. The standard InChI is InChI=1S/C8H21N2.C6H15N.C2H4O.C2H6.CH4S/c1-6-9(2)7-8-10(3,4)5;1-4-5-6(2)7-3;1-2-3;2*1-2/h6-8H2,1-5H3;6-7H,4-5H2,1-3H3;2H,1H3;1-2H3;2H,1H3/q+1;;;;. The molecule has 0 amide bonds. The van der Waals surface area contributed by atoms with Gasteiger partial charge in [0.2, 0.25) is 0 Å². The van der Waals surface area contributed by atoms with Gasteiger partial charge in [0.15, 0.2) is 0 Å². The third kappa shape index (κ3) is 57.5. The average molecular weight is 369 g/mol. The monoisotopic (exact) mass is 368 g/mol. The summed E-state index contributed by atoms with van der Waals surface area (Å²) in [4.78, 5) is 11.1. The van der Waals surface area contributed by atoms with Gasteiger partial charge in [-0.05, 0) is 47.2 Å². The normalized spacial score (nSPS) is 10.4. The van der Waals surface area contributed by atoms with Crippen LogP contribution in [0.2, 0.25) is 0 Å². The number of nitrogens with one attached hydrogen (secondary N) is 1. The lowest BCUT2D eigenvalue weighted by Crippen LogP contribution is -2.40. The van der Waals surface area contributed by atoms with Crippen molar-refractivity contribution in [3.8, 4) is 0 Å². The molecule has 0 aliphatic heterocycles. The van der Waals surface area contributed by atoms with Gasteiger partial charge in [0.25, 0.3) is 0 Å². The maximum absolute atomic E-state index is 8.81. The van der Waals surface area contributed by atoms with Gasteiger partial charge in [-0.15, -0.1) is 0 Å². The molecule has 0 aliphatic rings. The first kappa shape index (κ1) is 35.1. The molecule has 0 radical (unpaired) electrons. The second kappa shape index (κ2) is 30.7. The van der Waals surface area contributed by atoms with Crippen LogP contribution in [-0.2, 0) is 4.79 Å². The van der Waals surface area contributed by atoms with Crippen molar-refractivity contribution in [3.63, 3.8) is 0 Å². The van der Waals surface area contributed by atoms with Crippen molar-refractivity contribution in [2.45, 2.75) is 60.4 Å². The molecule has 0 saturated carbocycles. The van der Waals surface area contributed by atoms with Gasteiger partial charge in [-0.2, -0.15) is 12.6 Å². The predicted octanol–water partition coefficient (Wildman–Crippen LogP) is 3.82. The van der Waals surface area contributed by atoms with Crippen molar-refractivity contribution in [3.05, 3.63) is 0 Å². The Bertz CT molecular complexity index is 198. The van der Waals surface area contributed by atoms with E-state index >= 15 is 0 Å². The maximum Gasteiger partial charge on any atom is 0.116 e. The highest BCUT2D eigenvalue weighted by molar-refractivity contribution is 7.79. The molecule has 4 nitrogen and oxygen atoms in total. The summed E-state index contributed by atoms with van der Waals surface area (Å²) < 4.78 is 1.06. The van der Waals surface area contributed by atoms with Crippen LogP contribution >= 0.6 is 12.6 Å². The fraction of sp³-hybridized carbons (Fsp3) is 0.947. The molecule has 0 bridgehead atoms. The molecule has 0 aromatic rings. The number of carbonyl (C=O) groups excluding carboxylic acids is 1. The van der Waals surface area contributed by atoms with E-state index in [1.807, 2.05) is 20.9 Å². The first-order chi connectivity index (χ1) is 11.2. The number of carbonyl (C=O) groups is 1. The number of hydrogen-bond acceptors (Lipinski definition) is 4. The number of nitrogens with zero attached hydrogens (tertiary/aromatic N) is 2. The van der Waals surface area contributed by atoms with E-state index in [9.17, 15) is 0 Å². The third-order valence-electron chi connectivity index (χ3n) is 2.91. The second-order valence-corrected chi connectivity index (χ2v) is 6.12. The van der Waals surface area contributed by atoms with E-state index in [0.717, 1.165) is 17.3 Å².